The first-order valence-corrected chi connectivity index (χ1v) is 6.20. The summed E-state index contributed by atoms with van der Waals surface area (Å²) in [5.41, 5.74) is 1.13. The van der Waals surface area contributed by atoms with Gasteiger partial charge < -0.3 is 4.90 Å². The van der Waals surface area contributed by atoms with Crippen molar-refractivity contribution < 1.29 is 0 Å². The molecule has 0 bridgehead atoms. The van der Waals surface area contributed by atoms with Crippen molar-refractivity contribution in [3.63, 3.8) is 0 Å². The number of aromatic nitrogens is 2. The molecule has 0 N–H and O–H groups in total. The molecule has 1 aliphatic heterocycles. The molecule has 0 amide bonds. The first kappa shape index (κ1) is 11.4. The van der Waals surface area contributed by atoms with Crippen molar-refractivity contribution in [2.24, 2.45) is 11.8 Å². The number of nitrogens with zero attached hydrogens (tertiary/aromatic N) is 3. The number of piperidine rings is 1. The van der Waals surface area contributed by atoms with Crippen molar-refractivity contribution in [2.45, 2.75) is 33.6 Å². The van der Waals surface area contributed by atoms with Gasteiger partial charge in [-0.25, -0.2) is 9.97 Å². The maximum atomic E-state index is 4.39. The third-order valence-electron chi connectivity index (χ3n) is 3.53. The van der Waals surface area contributed by atoms with E-state index in [4.69, 9.17) is 0 Å². The van der Waals surface area contributed by atoms with Crippen LogP contribution < -0.4 is 4.90 Å². The molecule has 1 aromatic heterocycles. The Labute approximate surface area is 97.9 Å². The molecule has 0 spiro atoms. The Morgan fingerprint density at radius 2 is 1.75 bits per heavy atom. The smallest absolute Gasteiger partial charge is 0.225 e. The molecule has 2 heterocycles. The minimum Gasteiger partial charge on any atom is -0.341 e. The van der Waals surface area contributed by atoms with Crippen molar-refractivity contribution in [1.29, 1.82) is 0 Å². The number of hydrogen-bond donors (Lipinski definition) is 0. The molecule has 3 nitrogen and oxygen atoms in total. The fourth-order valence-corrected chi connectivity index (χ4v) is 2.32. The van der Waals surface area contributed by atoms with Crippen molar-refractivity contribution in [3.05, 3.63) is 18.0 Å². The van der Waals surface area contributed by atoms with Crippen LogP contribution in [0.4, 0.5) is 5.95 Å². The van der Waals surface area contributed by atoms with Crippen LogP contribution in [0.1, 0.15) is 32.3 Å². The number of rotatable bonds is 2. The van der Waals surface area contributed by atoms with Crippen molar-refractivity contribution in [2.75, 3.05) is 18.0 Å². The van der Waals surface area contributed by atoms with Gasteiger partial charge in [-0.15, -0.1) is 0 Å². The van der Waals surface area contributed by atoms with E-state index in [0.29, 0.717) is 0 Å². The molecule has 16 heavy (non-hydrogen) atoms. The molecule has 1 aromatic rings. The Morgan fingerprint density at radius 1 is 1.19 bits per heavy atom. The minimum absolute atomic E-state index is 0.807. The fraction of sp³-hybridized carbons (Fsp3) is 0.692. The summed E-state index contributed by atoms with van der Waals surface area (Å²) in [6, 6.07) is 0. The summed E-state index contributed by atoms with van der Waals surface area (Å²) in [6.45, 7) is 8.87. The number of aryl methyl sites for hydroxylation is 1. The van der Waals surface area contributed by atoms with Gasteiger partial charge in [0.25, 0.3) is 0 Å². The van der Waals surface area contributed by atoms with E-state index in [0.717, 1.165) is 36.4 Å². The van der Waals surface area contributed by atoms with E-state index in [1.54, 1.807) is 0 Å². The second-order valence-corrected chi connectivity index (χ2v) is 5.13. The number of anilines is 1. The first-order chi connectivity index (χ1) is 7.66. The zero-order valence-corrected chi connectivity index (χ0v) is 10.5. The van der Waals surface area contributed by atoms with Crippen LogP contribution in [0.25, 0.3) is 0 Å². The Balaban J connectivity index is 1.96. The normalized spacial score (nSPS) is 18.1. The zero-order valence-electron chi connectivity index (χ0n) is 10.5. The molecule has 88 valence electrons. The second kappa shape index (κ2) is 4.81. The Morgan fingerprint density at radius 3 is 2.25 bits per heavy atom. The molecule has 1 fully saturated rings. The third-order valence-corrected chi connectivity index (χ3v) is 3.53. The molecule has 1 saturated heterocycles. The zero-order chi connectivity index (χ0) is 11.5. The van der Waals surface area contributed by atoms with Gasteiger partial charge in [-0.3, -0.25) is 0 Å². The van der Waals surface area contributed by atoms with Crippen molar-refractivity contribution in [1.82, 2.24) is 9.97 Å². The summed E-state index contributed by atoms with van der Waals surface area (Å²) in [5.74, 6) is 2.58. The Kier molecular flexibility index (Phi) is 3.42. The van der Waals surface area contributed by atoms with E-state index >= 15 is 0 Å². The van der Waals surface area contributed by atoms with Crippen LogP contribution in [0.15, 0.2) is 12.4 Å². The predicted octanol–water partition coefficient (Wildman–Crippen LogP) is 2.66. The van der Waals surface area contributed by atoms with Crippen LogP contribution in [0.5, 0.6) is 0 Å². The first-order valence-electron chi connectivity index (χ1n) is 6.20. The highest BCUT2D eigenvalue weighted by Gasteiger charge is 2.22. The van der Waals surface area contributed by atoms with Gasteiger partial charge in [0.2, 0.25) is 5.95 Å². The van der Waals surface area contributed by atoms with E-state index in [2.05, 4.69) is 28.7 Å². The summed E-state index contributed by atoms with van der Waals surface area (Å²) >= 11 is 0. The summed E-state index contributed by atoms with van der Waals surface area (Å²) in [6.07, 6.45) is 6.34. The standard InChI is InChI=1S/C13H21N3/c1-10(2)12-4-6-16(7-5-12)13-14-8-11(3)9-15-13/h8-10,12H,4-7H2,1-3H3. The van der Waals surface area contributed by atoms with Gasteiger partial charge in [0.05, 0.1) is 0 Å². The molecule has 1 aliphatic rings. The summed E-state index contributed by atoms with van der Waals surface area (Å²) < 4.78 is 0. The largest absolute Gasteiger partial charge is 0.341 e. The molecular formula is C13H21N3. The van der Waals surface area contributed by atoms with E-state index < -0.39 is 0 Å². The lowest BCUT2D eigenvalue weighted by Crippen LogP contribution is -2.36. The van der Waals surface area contributed by atoms with Crippen molar-refractivity contribution >= 4 is 5.95 Å². The highest BCUT2D eigenvalue weighted by Crippen LogP contribution is 2.25. The lowest BCUT2D eigenvalue weighted by Gasteiger charge is -2.33. The minimum atomic E-state index is 0.807. The molecule has 3 heteroatoms. The quantitative estimate of drug-likeness (QED) is 0.765. The van der Waals surface area contributed by atoms with E-state index in [-0.39, 0.29) is 0 Å². The fourth-order valence-electron chi connectivity index (χ4n) is 2.32. The van der Waals surface area contributed by atoms with E-state index in [9.17, 15) is 0 Å². The molecule has 0 radical (unpaired) electrons. The highest BCUT2D eigenvalue weighted by molar-refractivity contribution is 5.30. The molecule has 0 atom stereocenters. The summed E-state index contributed by atoms with van der Waals surface area (Å²) in [4.78, 5) is 11.1. The lowest BCUT2D eigenvalue weighted by atomic mass is 9.87. The maximum Gasteiger partial charge on any atom is 0.225 e. The van der Waals surface area contributed by atoms with Crippen LogP contribution >= 0.6 is 0 Å². The second-order valence-electron chi connectivity index (χ2n) is 5.13. The SMILES string of the molecule is Cc1cnc(N2CCC(C(C)C)CC2)nc1. The lowest BCUT2D eigenvalue weighted by molar-refractivity contribution is 0.310. The molecule has 0 saturated carbocycles. The van der Waals surface area contributed by atoms with Crippen molar-refractivity contribution in [3.8, 4) is 0 Å². The van der Waals surface area contributed by atoms with Crippen LogP contribution in [-0.4, -0.2) is 23.1 Å². The van der Waals surface area contributed by atoms with Crippen LogP contribution in [0, 0.1) is 18.8 Å². The Bertz CT molecular complexity index is 324. The van der Waals surface area contributed by atoms with Gasteiger partial charge in [-0.05, 0) is 37.2 Å². The highest BCUT2D eigenvalue weighted by atomic mass is 15.2. The van der Waals surface area contributed by atoms with Gasteiger partial charge in [0.15, 0.2) is 0 Å². The average molecular weight is 219 g/mol. The van der Waals surface area contributed by atoms with Crippen LogP contribution in [-0.2, 0) is 0 Å². The summed E-state index contributed by atoms with van der Waals surface area (Å²) in [7, 11) is 0. The molecule has 0 aromatic carbocycles. The third kappa shape index (κ3) is 2.52. The monoisotopic (exact) mass is 219 g/mol. The number of hydrogen-bond acceptors (Lipinski definition) is 3. The molecular weight excluding hydrogens is 198 g/mol. The molecule has 2 rings (SSSR count). The Hall–Kier alpha value is -1.12. The maximum absolute atomic E-state index is 4.39. The molecule has 0 aliphatic carbocycles. The summed E-state index contributed by atoms with van der Waals surface area (Å²) in [5, 5.41) is 0. The van der Waals surface area contributed by atoms with Crippen LogP contribution in [0.2, 0.25) is 0 Å². The van der Waals surface area contributed by atoms with Gasteiger partial charge in [0, 0.05) is 25.5 Å². The van der Waals surface area contributed by atoms with Gasteiger partial charge >= 0.3 is 0 Å². The van der Waals surface area contributed by atoms with Gasteiger partial charge in [-0.1, -0.05) is 13.8 Å². The predicted molar refractivity (Wildman–Crippen MR) is 66.5 cm³/mol. The van der Waals surface area contributed by atoms with Gasteiger partial charge in [-0.2, -0.15) is 0 Å². The molecule has 0 unspecified atom stereocenters. The average Bonchev–Trinajstić information content (AvgIpc) is 2.30. The van der Waals surface area contributed by atoms with E-state index in [1.165, 1.54) is 12.8 Å². The topological polar surface area (TPSA) is 29.0 Å². The van der Waals surface area contributed by atoms with Crippen LogP contribution in [0.3, 0.4) is 0 Å². The van der Waals surface area contributed by atoms with Gasteiger partial charge in [0.1, 0.15) is 0 Å². The van der Waals surface area contributed by atoms with E-state index in [1.807, 2.05) is 19.3 Å².